The molecular weight excluding hydrogens is 294 g/mol. The lowest BCUT2D eigenvalue weighted by Gasteiger charge is -2.32. The molecule has 132 valence electrons. The van der Waals surface area contributed by atoms with E-state index < -0.39 is 23.4 Å². The maximum Gasteiger partial charge on any atom is 0.420 e. The fraction of sp³-hybridized carbons (Fsp3) is 0.778. The highest BCUT2D eigenvalue weighted by Gasteiger charge is 2.35. The smallest absolute Gasteiger partial charge is 0.420 e. The van der Waals surface area contributed by atoms with Gasteiger partial charge in [0.1, 0.15) is 11.2 Å². The normalized spacial score (nSPS) is 20.9. The van der Waals surface area contributed by atoms with Crippen molar-refractivity contribution in [2.24, 2.45) is 0 Å². The zero-order valence-corrected chi connectivity index (χ0v) is 15.3. The summed E-state index contributed by atoms with van der Waals surface area (Å²) in [5.41, 5.74) is -1.33. The van der Waals surface area contributed by atoms with E-state index in [0.29, 0.717) is 0 Å². The highest BCUT2D eigenvalue weighted by Crippen LogP contribution is 2.22. The number of hydrogen-bond donors (Lipinski definition) is 0. The van der Waals surface area contributed by atoms with Crippen LogP contribution in [0.3, 0.4) is 0 Å². The highest BCUT2D eigenvalue weighted by atomic mass is 16.6. The molecule has 0 N–H and O–H groups in total. The summed E-state index contributed by atoms with van der Waals surface area (Å²) in [6.07, 6.45) is 7.56. The Morgan fingerprint density at radius 2 is 1.43 bits per heavy atom. The van der Waals surface area contributed by atoms with E-state index in [9.17, 15) is 9.59 Å². The third-order valence-corrected chi connectivity index (χ3v) is 3.24. The first kappa shape index (κ1) is 19.5. The van der Waals surface area contributed by atoms with Crippen molar-refractivity contribution in [2.75, 3.05) is 0 Å². The van der Waals surface area contributed by atoms with Crippen molar-refractivity contribution in [3.8, 4) is 0 Å². The number of carbonyl (C=O) groups is 2. The monoisotopic (exact) mass is 325 g/mol. The summed E-state index contributed by atoms with van der Waals surface area (Å²) in [6.45, 7) is 10.7. The third kappa shape index (κ3) is 7.53. The Morgan fingerprint density at radius 1 is 0.913 bits per heavy atom. The number of imide groups is 1. The number of rotatable bonds is 1. The number of carbonyl (C=O) groups excluding carboxylic acids is 2. The van der Waals surface area contributed by atoms with Gasteiger partial charge in [0.15, 0.2) is 0 Å². The van der Waals surface area contributed by atoms with Gasteiger partial charge in [-0.3, -0.25) is 0 Å². The molecule has 0 heterocycles. The molecule has 1 atom stereocenters. The lowest BCUT2D eigenvalue weighted by atomic mass is 10.0. The van der Waals surface area contributed by atoms with Crippen LogP contribution in [0.1, 0.15) is 73.6 Å². The molecule has 1 rings (SSSR count). The van der Waals surface area contributed by atoms with Gasteiger partial charge in [-0.05, 0) is 60.8 Å². The minimum Gasteiger partial charge on any atom is -0.443 e. The molecular formula is C18H31NO4. The largest absolute Gasteiger partial charge is 0.443 e. The molecule has 0 aromatic carbocycles. The second-order valence-corrected chi connectivity index (χ2v) is 7.96. The number of nitrogens with zero attached hydrogens (tertiary/aromatic N) is 1. The number of amides is 2. The number of hydrogen-bond acceptors (Lipinski definition) is 4. The minimum atomic E-state index is -0.664. The van der Waals surface area contributed by atoms with Crippen LogP contribution in [0.25, 0.3) is 0 Å². The summed E-state index contributed by atoms with van der Waals surface area (Å²) < 4.78 is 10.8. The van der Waals surface area contributed by atoms with Crippen molar-refractivity contribution >= 4 is 12.2 Å². The van der Waals surface area contributed by atoms with Crippen molar-refractivity contribution < 1.29 is 19.1 Å². The Bertz CT molecular complexity index is 415. The molecule has 1 aliphatic rings. The Morgan fingerprint density at radius 3 is 1.91 bits per heavy atom. The Labute approximate surface area is 140 Å². The second-order valence-electron chi connectivity index (χ2n) is 7.96. The van der Waals surface area contributed by atoms with Crippen LogP contribution in [0.5, 0.6) is 0 Å². The Kier molecular flexibility index (Phi) is 6.66. The lowest BCUT2D eigenvalue weighted by Crippen LogP contribution is -2.48. The fourth-order valence-electron chi connectivity index (χ4n) is 2.32. The molecule has 0 aromatic rings. The van der Waals surface area contributed by atoms with Crippen molar-refractivity contribution in [3.05, 3.63) is 12.2 Å². The summed E-state index contributed by atoms with van der Waals surface area (Å²) in [7, 11) is 0. The lowest BCUT2D eigenvalue weighted by molar-refractivity contribution is -0.00441. The minimum absolute atomic E-state index is 0.319. The van der Waals surface area contributed by atoms with Gasteiger partial charge in [-0.25, -0.2) is 14.5 Å². The molecule has 0 saturated carbocycles. The van der Waals surface area contributed by atoms with Crippen molar-refractivity contribution in [1.82, 2.24) is 4.90 Å². The van der Waals surface area contributed by atoms with Gasteiger partial charge in [0.25, 0.3) is 0 Å². The van der Waals surface area contributed by atoms with Crippen molar-refractivity contribution in [3.63, 3.8) is 0 Å². The first-order valence-corrected chi connectivity index (χ1v) is 8.41. The van der Waals surface area contributed by atoms with Gasteiger partial charge in [0, 0.05) is 0 Å². The van der Waals surface area contributed by atoms with Gasteiger partial charge in [-0.2, -0.15) is 0 Å². The molecule has 0 fully saturated rings. The van der Waals surface area contributed by atoms with Crippen LogP contribution >= 0.6 is 0 Å². The van der Waals surface area contributed by atoms with Crippen LogP contribution < -0.4 is 0 Å². The maximum absolute atomic E-state index is 12.6. The topological polar surface area (TPSA) is 55.8 Å². The van der Waals surface area contributed by atoms with Crippen LogP contribution in [0.15, 0.2) is 12.2 Å². The van der Waals surface area contributed by atoms with E-state index in [2.05, 4.69) is 0 Å². The summed E-state index contributed by atoms with van der Waals surface area (Å²) >= 11 is 0. The summed E-state index contributed by atoms with van der Waals surface area (Å²) in [4.78, 5) is 26.2. The van der Waals surface area contributed by atoms with Crippen LogP contribution in [-0.2, 0) is 9.47 Å². The highest BCUT2D eigenvalue weighted by molar-refractivity contribution is 5.89. The van der Waals surface area contributed by atoms with Gasteiger partial charge in [-0.1, -0.05) is 25.0 Å². The fourth-order valence-corrected chi connectivity index (χ4v) is 2.32. The average Bonchev–Trinajstić information content (AvgIpc) is 2.26. The predicted molar refractivity (Wildman–Crippen MR) is 90.3 cm³/mol. The molecule has 0 radical (unpaired) electrons. The summed E-state index contributed by atoms with van der Waals surface area (Å²) in [5, 5.41) is 0. The van der Waals surface area contributed by atoms with E-state index in [4.69, 9.17) is 9.47 Å². The summed E-state index contributed by atoms with van der Waals surface area (Å²) in [5.74, 6) is 0. The zero-order chi connectivity index (χ0) is 17.7. The van der Waals surface area contributed by atoms with Gasteiger partial charge in [0.2, 0.25) is 0 Å². The van der Waals surface area contributed by atoms with Crippen LogP contribution in [0.4, 0.5) is 9.59 Å². The molecule has 23 heavy (non-hydrogen) atoms. The molecule has 0 bridgehead atoms. The van der Waals surface area contributed by atoms with Crippen molar-refractivity contribution in [2.45, 2.75) is 90.9 Å². The molecule has 0 saturated heterocycles. The van der Waals surface area contributed by atoms with Crippen LogP contribution in [-0.4, -0.2) is 34.3 Å². The van der Waals surface area contributed by atoms with E-state index in [-0.39, 0.29) is 6.04 Å². The Balaban J connectivity index is 3.01. The van der Waals surface area contributed by atoms with Crippen LogP contribution in [0, 0.1) is 0 Å². The standard InChI is InChI=1S/C18H31NO4/c1-17(2,3)22-15(20)19(16(21)23-18(4,5)6)14-12-10-8-7-9-11-13-14/h10,12,14H,7-9,11,13H2,1-6H3/b12-10-. The van der Waals surface area contributed by atoms with E-state index >= 15 is 0 Å². The maximum atomic E-state index is 12.6. The molecule has 5 nitrogen and oxygen atoms in total. The third-order valence-electron chi connectivity index (χ3n) is 3.24. The first-order chi connectivity index (χ1) is 10.5. The molecule has 1 aliphatic carbocycles. The van der Waals surface area contributed by atoms with Gasteiger partial charge in [0.05, 0.1) is 6.04 Å². The molecule has 0 aliphatic heterocycles. The first-order valence-electron chi connectivity index (χ1n) is 8.41. The van der Waals surface area contributed by atoms with Crippen LogP contribution in [0.2, 0.25) is 0 Å². The van der Waals surface area contributed by atoms with Crippen molar-refractivity contribution in [1.29, 1.82) is 0 Å². The zero-order valence-electron chi connectivity index (χ0n) is 15.3. The van der Waals surface area contributed by atoms with E-state index in [0.717, 1.165) is 37.0 Å². The SMILES string of the molecule is CC(C)(C)OC(=O)N(C(=O)OC(C)(C)C)C1/C=C\CCCCC1. The second kappa shape index (κ2) is 7.84. The molecule has 1 unspecified atom stereocenters. The molecule has 5 heteroatoms. The van der Waals surface area contributed by atoms with Gasteiger partial charge in [-0.15, -0.1) is 0 Å². The number of allylic oxidation sites excluding steroid dienone is 1. The molecule has 2 amide bonds. The average molecular weight is 325 g/mol. The Hall–Kier alpha value is -1.52. The predicted octanol–water partition coefficient (Wildman–Crippen LogP) is 5.05. The number of ether oxygens (including phenoxy) is 2. The quantitative estimate of drug-likeness (QED) is 0.633. The summed E-state index contributed by atoms with van der Waals surface area (Å²) in [6, 6.07) is -0.319. The van der Waals surface area contributed by atoms with E-state index in [1.54, 1.807) is 41.5 Å². The van der Waals surface area contributed by atoms with Gasteiger partial charge >= 0.3 is 12.2 Å². The van der Waals surface area contributed by atoms with Gasteiger partial charge < -0.3 is 9.47 Å². The molecule has 0 spiro atoms. The van der Waals surface area contributed by atoms with E-state index in [1.807, 2.05) is 12.2 Å². The van der Waals surface area contributed by atoms with E-state index in [1.165, 1.54) is 0 Å². The molecule has 0 aromatic heterocycles.